The van der Waals surface area contributed by atoms with Gasteiger partial charge in [0.2, 0.25) is 0 Å². The molecule has 2 nitrogen and oxygen atoms in total. The van der Waals surface area contributed by atoms with E-state index in [9.17, 15) is 17.6 Å². The van der Waals surface area contributed by atoms with Crippen molar-refractivity contribution in [3.63, 3.8) is 0 Å². The van der Waals surface area contributed by atoms with E-state index in [2.05, 4.69) is 5.32 Å². The van der Waals surface area contributed by atoms with Gasteiger partial charge in [0.05, 0.1) is 5.56 Å². The number of halogens is 4. The third-order valence-corrected chi connectivity index (χ3v) is 3.48. The summed E-state index contributed by atoms with van der Waals surface area (Å²) in [5, 5.41) is 3.12. The summed E-state index contributed by atoms with van der Waals surface area (Å²) < 4.78 is 52.7. The number of nitrogens with one attached hydrogen (secondary N) is 1. The highest BCUT2D eigenvalue weighted by molar-refractivity contribution is 5.33. The van der Waals surface area contributed by atoms with Crippen molar-refractivity contribution >= 4 is 0 Å². The SMILES string of the molecule is C[C@H](c1c(F)cccc1C(F)(F)F)N1CCNCC1. The minimum atomic E-state index is -4.53. The Morgan fingerprint density at radius 3 is 2.42 bits per heavy atom. The van der Waals surface area contributed by atoms with E-state index in [4.69, 9.17) is 0 Å². The average molecular weight is 276 g/mol. The molecule has 0 aliphatic carbocycles. The lowest BCUT2D eigenvalue weighted by molar-refractivity contribution is -0.139. The van der Waals surface area contributed by atoms with Gasteiger partial charge in [-0.25, -0.2) is 4.39 Å². The quantitative estimate of drug-likeness (QED) is 0.836. The number of hydrogen-bond donors (Lipinski definition) is 1. The number of piperazine rings is 1. The number of benzene rings is 1. The molecule has 0 aromatic heterocycles. The smallest absolute Gasteiger partial charge is 0.314 e. The molecule has 0 amide bonds. The maximum atomic E-state index is 13.8. The van der Waals surface area contributed by atoms with E-state index < -0.39 is 23.6 Å². The Hall–Kier alpha value is -1.14. The van der Waals surface area contributed by atoms with Gasteiger partial charge in [-0.3, -0.25) is 4.90 Å². The Bertz CT molecular complexity index is 439. The van der Waals surface area contributed by atoms with Crippen LogP contribution in [0.4, 0.5) is 17.6 Å². The van der Waals surface area contributed by atoms with Crippen molar-refractivity contribution in [1.82, 2.24) is 10.2 Å². The molecule has 1 N–H and O–H groups in total. The van der Waals surface area contributed by atoms with Crippen molar-refractivity contribution in [1.29, 1.82) is 0 Å². The Labute approximate surface area is 109 Å². The Morgan fingerprint density at radius 1 is 1.21 bits per heavy atom. The lowest BCUT2D eigenvalue weighted by Crippen LogP contribution is -2.45. The molecule has 0 spiro atoms. The molecule has 2 rings (SSSR count). The lowest BCUT2D eigenvalue weighted by atomic mass is 9.98. The predicted octanol–water partition coefficient (Wildman–Crippen LogP) is 2.81. The molecule has 106 valence electrons. The van der Waals surface area contributed by atoms with Gasteiger partial charge in [-0.15, -0.1) is 0 Å². The van der Waals surface area contributed by atoms with Gasteiger partial charge in [0.1, 0.15) is 5.82 Å². The maximum Gasteiger partial charge on any atom is 0.416 e. The molecule has 1 aliphatic heterocycles. The fourth-order valence-corrected chi connectivity index (χ4v) is 2.46. The van der Waals surface area contributed by atoms with E-state index in [1.807, 2.05) is 4.90 Å². The topological polar surface area (TPSA) is 15.3 Å². The first kappa shape index (κ1) is 14.3. The normalized spacial score (nSPS) is 19.4. The van der Waals surface area contributed by atoms with Gasteiger partial charge in [-0.1, -0.05) is 6.07 Å². The second-order valence-electron chi connectivity index (χ2n) is 4.66. The molecule has 1 saturated heterocycles. The third kappa shape index (κ3) is 3.06. The molecule has 0 unspecified atom stereocenters. The summed E-state index contributed by atoms with van der Waals surface area (Å²) in [7, 11) is 0. The van der Waals surface area contributed by atoms with E-state index in [1.54, 1.807) is 6.92 Å². The number of rotatable bonds is 2. The van der Waals surface area contributed by atoms with Gasteiger partial charge in [0.25, 0.3) is 0 Å². The van der Waals surface area contributed by atoms with Gasteiger partial charge < -0.3 is 5.32 Å². The molecule has 0 saturated carbocycles. The van der Waals surface area contributed by atoms with Crippen LogP contribution in [0.3, 0.4) is 0 Å². The fraction of sp³-hybridized carbons (Fsp3) is 0.538. The monoisotopic (exact) mass is 276 g/mol. The van der Waals surface area contributed by atoms with Crippen molar-refractivity contribution in [2.24, 2.45) is 0 Å². The molecule has 1 atom stereocenters. The molecule has 1 heterocycles. The second kappa shape index (κ2) is 5.46. The van der Waals surface area contributed by atoms with Crippen molar-refractivity contribution in [3.8, 4) is 0 Å². The minimum Gasteiger partial charge on any atom is -0.314 e. The van der Waals surface area contributed by atoms with Crippen LogP contribution in [0.2, 0.25) is 0 Å². The van der Waals surface area contributed by atoms with Crippen LogP contribution in [-0.4, -0.2) is 31.1 Å². The lowest BCUT2D eigenvalue weighted by Gasteiger charge is -2.34. The third-order valence-electron chi connectivity index (χ3n) is 3.48. The van der Waals surface area contributed by atoms with Gasteiger partial charge >= 0.3 is 6.18 Å². The molecule has 0 radical (unpaired) electrons. The Balaban J connectivity index is 2.37. The molecular formula is C13H16F4N2. The molecule has 1 aromatic carbocycles. The summed E-state index contributed by atoms with van der Waals surface area (Å²) in [5.74, 6) is -0.791. The highest BCUT2D eigenvalue weighted by Gasteiger charge is 2.37. The van der Waals surface area contributed by atoms with Gasteiger partial charge in [0.15, 0.2) is 0 Å². The van der Waals surface area contributed by atoms with Crippen LogP contribution in [0.5, 0.6) is 0 Å². The van der Waals surface area contributed by atoms with Crippen molar-refractivity contribution in [2.45, 2.75) is 19.1 Å². The second-order valence-corrected chi connectivity index (χ2v) is 4.66. The number of alkyl halides is 3. The molecule has 1 fully saturated rings. The summed E-state index contributed by atoms with van der Waals surface area (Å²) in [6, 6.07) is 2.55. The van der Waals surface area contributed by atoms with Crippen LogP contribution in [0, 0.1) is 5.82 Å². The summed E-state index contributed by atoms with van der Waals surface area (Å²) in [6.45, 7) is 4.28. The van der Waals surface area contributed by atoms with E-state index in [1.165, 1.54) is 0 Å². The minimum absolute atomic E-state index is 0.253. The van der Waals surface area contributed by atoms with E-state index in [-0.39, 0.29) is 5.56 Å². The first-order chi connectivity index (χ1) is 8.91. The van der Waals surface area contributed by atoms with Crippen molar-refractivity contribution in [2.75, 3.05) is 26.2 Å². The molecule has 1 aromatic rings. The van der Waals surface area contributed by atoms with E-state index >= 15 is 0 Å². The first-order valence-corrected chi connectivity index (χ1v) is 6.21. The molecule has 0 bridgehead atoms. The van der Waals surface area contributed by atoms with Gasteiger partial charge in [-0.2, -0.15) is 13.2 Å². The summed E-state index contributed by atoms with van der Waals surface area (Å²) >= 11 is 0. The van der Waals surface area contributed by atoms with Gasteiger partial charge in [-0.05, 0) is 19.1 Å². The van der Waals surface area contributed by atoms with Crippen LogP contribution in [-0.2, 0) is 6.18 Å². The Morgan fingerprint density at radius 2 is 1.84 bits per heavy atom. The number of hydrogen-bond acceptors (Lipinski definition) is 2. The van der Waals surface area contributed by atoms with Crippen LogP contribution in [0.25, 0.3) is 0 Å². The maximum absolute atomic E-state index is 13.8. The summed E-state index contributed by atoms with van der Waals surface area (Å²) in [6.07, 6.45) is -4.53. The Kier molecular flexibility index (Phi) is 4.10. The zero-order chi connectivity index (χ0) is 14.0. The van der Waals surface area contributed by atoms with E-state index in [0.717, 1.165) is 18.2 Å². The summed E-state index contributed by atoms with van der Waals surface area (Å²) in [4.78, 5) is 1.87. The van der Waals surface area contributed by atoms with Crippen molar-refractivity contribution in [3.05, 3.63) is 35.1 Å². The number of nitrogens with zero attached hydrogens (tertiary/aromatic N) is 1. The molecule has 6 heteroatoms. The molecular weight excluding hydrogens is 260 g/mol. The predicted molar refractivity (Wildman–Crippen MR) is 64.3 cm³/mol. The van der Waals surface area contributed by atoms with Crippen LogP contribution >= 0.6 is 0 Å². The van der Waals surface area contributed by atoms with Gasteiger partial charge in [0, 0.05) is 37.8 Å². The fourth-order valence-electron chi connectivity index (χ4n) is 2.46. The summed E-state index contributed by atoms with van der Waals surface area (Å²) in [5.41, 5.74) is -1.13. The zero-order valence-electron chi connectivity index (χ0n) is 10.6. The largest absolute Gasteiger partial charge is 0.416 e. The van der Waals surface area contributed by atoms with Crippen LogP contribution < -0.4 is 5.32 Å². The van der Waals surface area contributed by atoms with E-state index in [0.29, 0.717) is 26.2 Å². The van der Waals surface area contributed by atoms with Crippen LogP contribution in [0.1, 0.15) is 24.1 Å². The average Bonchev–Trinajstić information content (AvgIpc) is 2.37. The molecule has 19 heavy (non-hydrogen) atoms. The first-order valence-electron chi connectivity index (χ1n) is 6.21. The zero-order valence-corrected chi connectivity index (χ0v) is 10.6. The van der Waals surface area contributed by atoms with Crippen LogP contribution in [0.15, 0.2) is 18.2 Å². The molecule has 1 aliphatic rings. The standard InChI is InChI=1S/C13H16F4N2/c1-9(19-7-5-18-6-8-19)12-10(13(15,16)17)3-2-4-11(12)14/h2-4,9,18H,5-8H2,1H3/t9-/m1/s1. The highest BCUT2D eigenvalue weighted by Crippen LogP contribution is 2.37. The van der Waals surface area contributed by atoms with Crippen molar-refractivity contribution < 1.29 is 17.6 Å². The highest BCUT2D eigenvalue weighted by atomic mass is 19.4.